The second-order valence-corrected chi connectivity index (χ2v) is 6.25. The van der Waals surface area contributed by atoms with Crippen molar-refractivity contribution in [2.45, 2.75) is 6.42 Å². The molecule has 3 aromatic rings. The number of carbonyl (C=O) groups excluding carboxylic acids is 2. The summed E-state index contributed by atoms with van der Waals surface area (Å²) < 4.78 is 37.0. The van der Waals surface area contributed by atoms with Gasteiger partial charge in [0.05, 0.1) is 25.3 Å². The Labute approximate surface area is 175 Å². The molecule has 0 bridgehead atoms. The largest absolute Gasteiger partial charge is 0.497 e. The number of aromatic amines is 1. The van der Waals surface area contributed by atoms with Crippen LogP contribution in [0.25, 0.3) is 11.4 Å². The molecular weight excluding hydrogens is 412 g/mol. The fourth-order valence-electron chi connectivity index (χ4n) is 2.68. The van der Waals surface area contributed by atoms with Crippen LogP contribution in [-0.4, -0.2) is 47.8 Å². The van der Waals surface area contributed by atoms with Crippen molar-refractivity contribution in [2.24, 2.45) is 0 Å². The molecule has 0 aliphatic heterocycles. The lowest BCUT2D eigenvalue weighted by Crippen LogP contribution is -2.28. The first-order chi connectivity index (χ1) is 14.9. The molecule has 0 spiro atoms. The molecule has 0 aliphatic carbocycles. The van der Waals surface area contributed by atoms with E-state index >= 15 is 0 Å². The fourth-order valence-corrected chi connectivity index (χ4v) is 2.68. The van der Waals surface area contributed by atoms with Gasteiger partial charge in [0.25, 0.3) is 5.91 Å². The van der Waals surface area contributed by atoms with Crippen LogP contribution in [0.15, 0.2) is 36.4 Å². The first-order valence-electron chi connectivity index (χ1n) is 9.09. The van der Waals surface area contributed by atoms with Gasteiger partial charge >= 0.3 is 0 Å². The van der Waals surface area contributed by atoms with Gasteiger partial charge in [-0.3, -0.25) is 20.0 Å². The summed E-state index contributed by atoms with van der Waals surface area (Å²) in [5, 5.41) is 11.5. The number of methoxy groups -OCH3 is 2. The molecule has 1 aromatic heterocycles. The number of ether oxygens (including phenoxy) is 2. The molecule has 0 fully saturated rings. The molecule has 0 atom stereocenters. The molecule has 11 heteroatoms. The molecular formula is C20H19F2N5O4. The van der Waals surface area contributed by atoms with Gasteiger partial charge in [0.1, 0.15) is 23.1 Å². The molecule has 31 heavy (non-hydrogen) atoms. The van der Waals surface area contributed by atoms with Gasteiger partial charge in [-0.25, -0.2) is 8.78 Å². The smallest absolute Gasteiger partial charge is 0.254 e. The van der Waals surface area contributed by atoms with Crippen LogP contribution >= 0.6 is 0 Å². The lowest BCUT2D eigenvalue weighted by molar-refractivity contribution is -0.116. The molecule has 1 heterocycles. The van der Waals surface area contributed by atoms with E-state index in [1.54, 1.807) is 18.2 Å². The maximum Gasteiger partial charge on any atom is 0.254 e. The minimum atomic E-state index is -0.982. The molecule has 3 N–H and O–H groups in total. The Morgan fingerprint density at radius 1 is 1.10 bits per heavy atom. The number of hydrogen-bond acceptors (Lipinski definition) is 6. The first kappa shape index (κ1) is 21.7. The van der Waals surface area contributed by atoms with Gasteiger partial charge < -0.3 is 14.8 Å². The maximum atomic E-state index is 13.6. The highest BCUT2D eigenvalue weighted by atomic mass is 19.1. The Morgan fingerprint density at radius 3 is 2.61 bits per heavy atom. The van der Waals surface area contributed by atoms with E-state index in [0.717, 1.165) is 12.1 Å². The Balaban J connectivity index is 1.55. The molecule has 0 radical (unpaired) electrons. The number of nitrogens with one attached hydrogen (secondary N) is 3. The predicted octanol–water partition coefficient (Wildman–Crippen LogP) is 2.53. The van der Waals surface area contributed by atoms with E-state index in [2.05, 4.69) is 25.8 Å². The van der Waals surface area contributed by atoms with Crippen molar-refractivity contribution in [3.63, 3.8) is 0 Å². The SMILES string of the molecule is COc1ccc(-c2nc(NC(=O)CCNC(=O)c3ccc(F)cc3F)n[nH]2)c(OC)c1. The van der Waals surface area contributed by atoms with Gasteiger partial charge in [-0.15, -0.1) is 5.10 Å². The average Bonchev–Trinajstić information content (AvgIpc) is 3.21. The zero-order valence-electron chi connectivity index (χ0n) is 16.7. The molecule has 9 nitrogen and oxygen atoms in total. The summed E-state index contributed by atoms with van der Waals surface area (Å²) in [5.74, 6) is -1.47. The van der Waals surface area contributed by atoms with E-state index in [-0.39, 0.29) is 24.5 Å². The summed E-state index contributed by atoms with van der Waals surface area (Å²) in [6.07, 6.45) is -0.107. The molecule has 2 amide bonds. The van der Waals surface area contributed by atoms with E-state index in [9.17, 15) is 18.4 Å². The monoisotopic (exact) mass is 431 g/mol. The van der Waals surface area contributed by atoms with Gasteiger partial charge in [0.15, 0.2) is 5.82 Å². The predicted molar refractivity (Wildman–Crippen MR) is 107 cm³/mol. The minimum absolute atomic E-state index is 0.0359. The van der Waals surface area contributed by atoms with Crippen LogP contribution in [-0.2, 0) is 4.79 Å². The van der Waals surface area contributed by atoms with Gasteiger partial charge in [-0.2, -0.15) is 4.98 Å². The standard InChI is InChI=1S/C20H19F2N5O4/c1-30-12-4-6-14(16(10-12)31-2)18-25-20(27-26-18)24-17(28)7-8-23-19(29)13-5-3-11(21)9-15(13)22/h3-6,9-10H,7-8H2,1-2H3,(H,23,29)(H2,24,25,26,27,28). The first-order valence-corrected chi connectivity index (χ1v) is 9.09. The number of aromatic nitrogens is 3. The quantitative estimate of drug-likeness (QED) is 0.505. The second kappa shape index (κ2) is 9.65. The van der Waals surface area contributed by atoms with Crippen molar-refractivity contribution in [3.8, 4) is 22.9 Å². The number of anilines is 1. The Kier molecular flexibility index (Phi) is 6.75. The van der Waals surface area contributed by atoms with Crippen molar-refractivity contribution in [1.82, 2.24) is 20.5 Å². The molecule has 0 saturated heterocycles. The van der Waals surface area contributed by atoms with Crippen LogP contribution in [0.2, 0.25) is 0 Å². The maximum absolute atomic E-state index is 13.6. The third-order valence-corrected chi connectivity index (χ3v) is 4.21. The normalized spacial score (nSPS) is 10.5. The Hall–Kier alpha value is -4.02. The lowest BCUT2D eigenvalue weighted by atomic mass is 10.2. The van der Waals surface area contributed by atoms with E-state index in [4.69, 9.17) is 9.47 Å². The zero-order valence-corrected chi connectivity index (χ0v) is 16.7. The molecule has 0 aliphatic rings. The molecule has 0 unspecified atom stereocenters. The lowest BCUT2D eigenvalue weighted by Gasteiger charge is -2.08. The van der Waals surface area contributed by atoms with Gasteiger partial charge in [0, 0.05) is 25.1 Å². The summed E-state index contributed by atoms with van der Waals surface area (Å²) in [5.41, 5.74) is 0.304. The number of rotatable bonds is 8. The highest BCUT2D eigenvalue weighted by Crippen LogP contribution is 2.31. The zero-order chi connectivity index (χ0) is 22.4. The van der Waals surface area contributed by atoms with Crippen molar-refractivity contribution in [2.75, 3.05) is 26.1 Å². The Bertz CT molecular complexity index is 1100. The Morgan fingerprint density at radius 2 is 1.90 bits per heavy atom. The number of carbonyl (C=O) groups is 2. The molecule has 162 valence electrons. The molecule has 0 saturated carbocycles. The van der Waals surface area contributed by atoms with Crippen LogP contribution in [0.5, 0.6) is 11.5 Å². The number of benzene rings is 2. The van der Waals surface area contributed by atoms with Crippen LogP contribution in [0.4, 0.5) is 14.7 Å². The second-order valence-electron chi connectivity index (χ2n) is 6.25. The number of hydrogen-bond donors (Lipinski definition) is 3. The van der Waals surface area contributed by atoms with E-state index in [0.29, 0.717) is 29.0 Å². The summed E-state index contributed by atoms with van der Waals surface area (Å²) in [6, 6.07) is 7.76. The number of amides is 2. The van der Waals surface area contributed by atoms with Crippen LogP contribution in [0, 0.1) is 11.6 Å². The average molecular weight is 431 g/mol. The summed E-state index contributed by atoms with van der Waals surface area (Å²) in [7, 11) is 3.04. The number of nitrogens with zero attached hydrogens (tertiary/aromatic N) is 2. The fraction of sp³-hybridized carbons (Fsp3) is 0.200. The van der Waals surface area contributed by atoms with Crippen molar-refractivity contribution < 1.29 is 27.8 Å². The van der Waals surface area contributed by atoms with Crippen LogP contribution in [0.3, 0.4) is 0 Å². The van der Waals surface area contributed by atoms with Gasteiger partial charge in [0.2, 0.25) is 11.9 Å². The third kappa shape index (κ3) is 5.32. The molecule has 3 rings (SSSR count). The van der Waals surface area contributed by atoms with Gasteiger partial charge in [-0.1, -0.05) is 0 Å². The van der Waals surface area contributed by atoms with E-state index < -0.39 is 23.4 Å². The topological polar surface area (TPSA) is 118 Å². The highest BCUT2D eigenvalue weighted by Gasteiger charge is 2.15. The van der Waals surface area contributed by atoms with Crippen molar-refractivity contribution in [1.29, 1.82) is 0 Å². The minimum Gasteiger partial charge on any atom is -0.497 e. The van der Waals surface area contributed by atoms with E-state index in [1.807, 2.05) is 0 Å². The van der Waals surface area contributed by atoms with Gasteiger partial charge in [-0.05, 0) is 24.3 Å². The third-order valence-electron chi connectivity index (χ3n) is 4.21. The number of H-pyrrole nitrogens is 1. The highest BCUT2D eigenvalue weighted by molar-refractivity contribution is 5.95. The van der Waals surface area contributed by atoms with Crippen LogP contribution in [0.1, 0.15) is 16.8 Å². The summed E-state index contributed by atoms with van der Waals surface area (Å²) in [6.45, 7) is -0.0644. The molecule has 2 aromatic carbocycles. The number of halogens is 2. The van der Waals surface area contributed by atoms with Crippen molar-refractivity contribution >= 4 is 17.8 Å². The van der Waals surface area contributed by atoms with Crippen LogP contribution < -0.4 is 20.1 Å². The van der Waals surface area contributed by atoms with E-state index in [1.165, 1.54) is 14.2 Å². The van der Waals surface area contributed by atoms with Crippen molar-refractivity contribution in [3.05, 3.63) is 53.6 Å². The summed E-state index contributed by atoms with van der Waals surface area (Å²) in [4.78, 5) is 28.2. The summed E-state index contributed by atoms with van der Waals surface area (Å²) >= 11 is 0.